The van der Waals surface area contributed by atoms with E-state index >= 15 is 0 Å². The van der Waals surface area contributed by atoms with Crippen LogP contribution in [0.2, 0.25) is 0 Å². The van der Waals surface area contributed by atoms with Gasteiger partial charge < -0.3 is 24.4 Å². The zero-order valence-corrected chi connectivity index (χ0v) is 20.6. The minimum Gasteiger partial charge on any atom is -0.488 e. The molecule has 1 aromatic carbocycles. The number of nitrogens with zero attached hydrogens (tertiary/aromatic N) is 4. The zero-order chi connectivity index (χ0) is 25.8. The van der Waals surface area contributed by atoms with E-state index in [0.29, 0.717) is 19.0 Å². The summed E-state index contributed by atoms with van der Waals surface area (Å²) in [4.78, 5) is 15.5. The Morgan fingerprint density at radius 1 is 1.03 bits per heavy atom. The fraction of sp³-hybridized carbons (Fsp3) is 0.500. The van der Waals surface area contributed by atoms with Crippen molar-refractivity contribution in [2.45, 2.75) is 50.1 Å². The van der Waals surface area contributed by atoms with E-state index in [1.54, 1.807) is 18.5 Å². The molecule has 2 aromatic heterocycles. The number of ether oxygens (including phenoxy) is 3. The molecule has 1 unspecified atom stereocenters. The number of morpholine rings is 1. The van der Waals surface area contributed by atoms with Crippen LogP contribution in [0.15, 0.2) is 42.9 Å². The largest absolute Gasteiger partial charge is 0.488 e. The van der Waals surface area contributed by atoms with Gasteiger partial charge in [0, 0.05) is 62.1 Å². The maximum absolute atomic E-state index is 13.1. The van der Waals surface area contributed by atoms with Crippen molar-refractivity contribution in [2.75, 3.05) is 43.6 Å². The van der Waals surface area contributed by atoms with E-state index in [1.165, 1.54) is 12.3 Å². The summed E-state index contributed by atoms with van der Waals surface area (Å²) < 4.78 is 55.8. The van der Waals surface area contributed by atoms with Crippen LogP contribution >= 0.6 is 0 Å². The first-order valence-electron chi connectivity index (χ1n) is 12.5. The Bertz CT molecular complexity index is 1180. The van der Waals surface area contributed by atoms with Crippen LogP contribution in [0.4, 0.5) is 24.7 Å². The molecule has 1 saturated heterocycles. The van der Waals surface area contributed by atoms with Gasteiger partial charge in [0.25, 0.3) is 0 Å². The highest BCUT2D eigenvalue weighted by molar-refractivity contribution is 5.85. The van der Waals surface area contributed by atoms with Gasteiger partial charge in [-0.3, -0.25) is 4.98 Å². The topological polar surface area (TPSA) is 81.6 Å². The number of hydrogen-bond acceptors (Lipinski definition) is 8. The number of benzene rings is 1. The van der Waals surface area contributed by atoms with Gasteiger partial charge in [-0.2, -0.15) is 13.2 Å². The van der Waals surface area contributed by atoms with E-state index < -0.39 is 12.3 Å². The molecule has 2 aliphatic rings. The van der Waals surface area contributed by atoms with Gasteiger partial charge in [0.05, 0.1) is 24.8 Å². The second-order valence-electron chi connectivity index (χ2n) is 9.34. The van der Waals surface area contributed by atoms with Gasteiger partial charge in [0.1, 0.15) is 17.1 Å². The standard InChI is InChI=1S/C26H30F3N5O3/c1-35-25(26(27,28)29)17-2-7-23(32-16-17)33-18-3-5-20(6-4-18)37-22-15-19(34-10-12-36-13-11-34)14-21-24(22)31-9-8-30-21/h2,7-9,14-16,18,20,25H,3-6,10-13H2,1H3,(H,32,33)/t18-,20+,25?. The van der Waals surface area contributed by atoms with Crippen LogP contribution in [0.3, 0.4) is 0 Å². The number of rotatable bonds is 7. The molecule has 37 heavy (non-hydrogen) atoms. The molecule has 11 heteroatoms. The van der Waals surface area contributed by atoms with Crippen LogP contribution < -0.4 is 15.0 Å². The van der Waals surface area contributed by atoms with Crippen LogP contribution in [0.1, 0.15) is 37.4 Å². The number of hydrogen-bond donors (Lipinski definition) is 1. The second-order valence-corrected chi connectivity index (χ2v) is 9.34. The first-order valence-corrected chi connectivity index (χ1v) is 12.5. The van der Waals surface area contributed by atoms with Gasteiger partial charge >= 0.3 is 6.18 Å². The van der Waals surface area contributed by atoms with Crippen molar-refractivity contribution in [1.29, 1.82) is 0 Å². The Kier molecular flexibility index (Phi) is 7.61. The zero-order valence-electron chi connectivity index (χ0n) is 20.6. The monoisotopic (exact) mass is 517 g/mol. The molecule has 8 nitrogen and oxygen atoms in total. The van der Waals surface area contributed by atoms with Gasteiger partial charge in [-0.25, -0.2) is 9.97 Å². The number of halogens is 3. The van der Waals surface area contributed by atoms with Crippen molar-refractivity contribution in [3.8, 4) is 5.75 Å². The summed E-state index contributed by atoms with van der Waals surface area (Å²) in [7, 11) is 1.04. The second kappa shape index (κ2) is 11.1. The van der Waals surface area contributed by atoms with Crippen LogP contribution in [0.5, 0.6) is 5.75 Å². The fourth-order valence-electron chi connectivity index (χ4n) is 4.94. The minimum absolute atomic E-state index is 0.0210. The molecule has 1 atom stereocenters. The maximum Gasteiger partial charge on any atom is 0.418 e. The van der Waals surface area contributed by atoms with Crippen molar-refractivity contribution in [2.24, 2.45) is 0 Å². The lowest BCUT2D eigenvalue weighted by molar-refractivity contribution is -0.216. The third-order valence-corrected chi connectivity index (χ3v) is 6.84. The lowest BCUT2D eigenvalue weighted by Gasteiger charge is -2.31. The number of methoxy groups -OCH3 is 1. The Morgan fingerprint density at radius 3 is 2.46 bits per heavy atom. The summed E-state index contributed by atoms with van der Waals surface area (Å²) in [5.74, 6) is 1.28. The molecule has 2 fully saturated rings. The number of alkyl halides is 3. The predicted octanol–water partition coefficient (Wildman–Crippen LogP) is 4.91. The van der Waals surface area contributed by atoms with E-state index in [1.807, 2.05) is 12.1 Å². The van der Waals surface area contributed by atoms with Crippen LogP contribution in [-0.4, -0.2) is 66.7 Å². The molecule has 1 N–H and O–H groups in total. The highest BCUT2D eigenvalue weighted by Crippen LogP contribution is 2.36. The van der Waals surface area contributed by atoms with Crippen LogP contribution in [0.25, 0.3) is 11.0 Å². The highest BCUT2D eigenvalue weighted by atomic mass is 19.4. The Balaban J connectivity index is 1.21. The normalized spacial score (nSPS) is 21.6. The van der Waals surface area contributed by atoms with E-state index in [9.17, 15) is 13.2 Å². The molecule has 0 bridgehead atoms. The quantitative estimate of drug-likeness (QED) is 0.473. The van der Waals surface area contributed by atoms with Gasteiger partial charge in [-0.15, -0.1) is 0 Å². The molecule has 3 aromatic rings. The summed E-state index contributed by atoms with van der Waals surface area (Å²) in [6, 6.07) is 7.22. The number of nitrogens with one attached hydrogen (secondary N) is 1. The maximum atomic E-state index is 13.1. The van der Waals surface area contributed by atoms with E-state index in [-0.39, 0.29) is 17.7 Å². The summed E-state index contributed by atoms with van der Waals surface area (Å²) in [6.45, 7) is 3.02. The third kappa shape index (κ3) is 6.04. The van der Waals surface area contributed by atoms with Crippen molar-refractivity contribution < 1.29 is 27.4 Å². The number of anilines is 2. The molecule has 5 rings (SSSR count). The minimum atomic E-state index is -4.48. The van der Waals surface area contributed by atoms with Gasteiger partial charge in [0.2, 0.25) is 0 Å². The molecular weight excluding hydrogens is 487 g/mol. The molecule has 1 aliphatic carbocycles. The summed E-state index contributed by atoms with van der Waals surface area (Å²) in [6.07, 6.45) is 1.51. The Hall–Kier alpha value is -3.18. The summed E-state index contributed by atoms with van der Waals surface area (Å²) in [5.41, 5.74) is 2.58. The fourth-order valence-corrected chi connectivity index (χ4v) is 4.94. The number of aromatic nitrogens is 3. The van der Waals surface area contributed by atoms with E-state index in [2.05, 4.69) is 29.9 Å². The third-order valence-electron chi connectivity index (χ3n) is 6.84. The van der Waals surface area contributed by atoms with Gasteiger partial charge in [0.15, 0.2) is 6.10 Å². The molecule has 3 heterocycles. The van der Waals surface area contributed by atoms with Crippen LogP contribution in [0, 0.1) is 0 Å². The van der Waals surface area contributed by atoms with Crippen LogP contribution in [-0.2, 0) is 9.47 Å². The van der Waals surface area contributed by atoms with Gasteiger partial charge in [-0.1, -0.05) is 6.07 Å². The lowest BCUT2D eigenvalue weighted by Crippen LogP contribution is -2.36. The predicted molar refractivity (Wildman–Crippen MR) is 133 cm³/mol. The molecule has 1 aliphatic heterocycles. The molecular formula is C26H30F3N5O3. The van der Waals surface area contributed by atoms with Crippen molar-refractivity contribution in [3.63, 3.8) is 0 Å². The number of fused-ring (bicyclic) bond motifs is 1. The Labute approximate surface area is 213 Å². The number of pyridine rings is 1. The summed E-state index contributed by atoms with van der Waals surface area (Å²) >= 11 is 0. The Morgan fingerprint density at radius 2 is 1.78 bits per heavy atom. The lowest BCUT2D eigenvalue weighted by atomic mass is 9.93. The first kappa shape index (κ1) is 25.5. The molecule has 0 spiro atoms. The van der Waals surface area contributed by atoms with E-state index in [0.717, 1.165) is 68.4 Å². The SMILES string of the molecule is COC(c1ccc(N[C@H]2CC[C@@H](Oc3cc(N4CCOCC4)cc4nccnc34)CC2)nc1)C(F)(F)F. The average molecular weight is 518 g/mol. The molecule has 1 saturated carbocycles. The average Bonchev–Trinajstić information content (AvgIpc) is 2.91. The molecule has 0 amide bonds. The van der Waals surface area contributed by atoms with E-state index in [4.69, 9.17) is 9.47 Å². The first-order chi connectivity index (χ1) is 17.9. The van der Waals surface area contributed by atoms with Crippen molar-refractivity contribution in [1.82, 2.24) is 15.0 Å². The van der Waals surface area contributed by atoms with Gasteiger partial charge in [-0.05, 0) is 37.8 Å². The molecule has 198 valence electrons. The molecule has 0 radical (unpaired) electrons. The smallest absolute Gasteiger partial charge is 0.418 e. The van der Waals surface area contributed by atoms with Crippen molar-refractivity contribution in [3.05, 3.63) is 48.4 Å². The highest BCUT2D eigenvalue weighted by Gasteiger charge is 2.41. The summed E-state index contributed by atoms with van der Waals surface area (Å²) in [5, 5.41) is 3.34. The van der Waals surface area contributed by atoms with Crippen molar-refractivity contribution >= 4 is 22.5 Å².